The number of ether oxygens (including phenoxy) is 2. The number of aldehydes is 2. The van der Waals surface area contributed by atoms with Gasteiger partial charge in [0.1, 0.15) is 11.9 Å². The Labute approximate surface area is 84.6 Å². The standard InChI is InChI=1S/C10H18O4/c1-3-10(9-12,5-4-6-11)14-8-7-13-2/h6,9H,3-5,7-8H2,1-2H3. The highest BCUT2D eigenvalue weighted by Gasteiger charge is 2.27. The fourth-order valence-electron chi connectivity index (χ4n) is 1.16. The van der Waals surface area contributed by atoms with Crippen LogP contribution in [-0.2, 0) is 19.1 Å². The third kappa shape index (κ3) is 4.48. The Morgan fingerprint density at radius 1 is 1.29 bits per heavy atom. The van der Waals surface area contributed by atoms with E-state index in [-0.39, 0.29) is 0 Å². The van der Waals surface area contributed by atoms with Gasteiger partial charge in [-0.2, -0.15) is 0 Å². The molecule has 0 saturated heterocycles. The van der Waals surface area contributed by atoms with Crippen molar-refractivity contribution in [2.24, 2.45) is 0 Å². The van der Waals surface area contributed by atoms with Crippen LogP contribution in [0.15, 0.2) is 0 Å². The quantitative estimate of drug-likeness (QED) is 0.413. The smallest absolute Gasteiger partial charge is 0.151 e. The lowest BCUT2D eigenvalue weighted by atomic mass is 9.96. The first-order valence-corrected chi connectivity index (χ1v) is 4.77. The molecule has 0 aliphatic heterocycles. The maximum absolute atomic E-state index is 10.9. The Morgan fingerprint density at radius 3 is 2.43 bits per heavy atom. The average Bonchev–Trinajstić information content (AvgIpc) is 2.24. The summed E-state index contributed by atoms with van der Waals surface area (Å²) in [6.07, 6.45) is 2.95. The van der Waals surface area contributed by atoms with Crippen molar-refractivity contribution in [3.05, 3.63) is 0 Å². The van der Waals surface area contributed by atoms with Crippen molar-refractivity contribution in [3.8, 4) is 0 Å². The van der Waals surface area contributed by atoms with Gasteiger partial charge in [-0.15, -0.1) is 0 Å². The molecule has 1 atom stereocenters. The number of hydrogen-bond donors (Lipinski definition) is 0. The van der Waals surface area contributed by atoms with Crippen LogP contribution in [0.5, 0.6) is 0 Å². The monoisotopic (exact) mass is 202 g/mol. The molecule has 0 spiro atoms. The summed E-state index contributed by atoms with van der Waals surface area (Å²) in [4.78, 5) is 21.1. The Kier molecular flexibility index (Phi) is 7.24. The number of rotatable bonds is 9. The molecular formula is C10H18O4. The second kappa shape index (κ2) is 7.64. The van der Waals surface area contributed by atoms with Gasteiger partial charge in [0.05, 0.1) is 13.2 Å². The van der Waals surface area contributed by atoms with Crippen LogP contribution in [0, 0.1) is 0 Å². The van der Waals surface area contributed by atoms with E-state index in [0.29, 0.717) is 32.5 Å². The average molecular weight is 202 g/mol. The van der Waals surface area contributed by atoms with Gasteiger partial charge in [0, 0.05) is 13.5 Å². The van der Waals surface area contributed by atoms with E-state index in [2.05, 4.69) is 0 Å². The first-order chi connectivity index (χ1) is 6.74. The van der Waals surface area contributed by atoms with Crippen LogP contribution >= 0.6 is 0 Å². The first-order valence-electron chi connectivity index (χ1n) is 4.77. The number of methoxy groups -OCH3 is 1. The summed E-state index contributed by atoms with van der Waals surface area (Å²) in [6, 6.07) is 0. The molecule has 82 valence electrons. The second-order valence-corrected chi connectivity index (χ2v) is 3.08. The summed E-state index contributed by atoms with van der Waals surface area (Å²) < 4.78 is 10.2. The van der Waals surface area contributed by atoms with E-state index in [4.69, 9.17) is 9.47 Å². The summed E-state index contributed by atoms with van der Waals surface area (Å²) >= 11 is 0. The first kappa shape index (κ1) is 13.3. The highest BCUT2D eigenvalue weighted by atomic mass is 16.5. The van der Waals surface area contributed by atoms with Gasteiger partial charge in [0.15, 0.2) is 6.29 Å². The summed E-state index contributed by atoms with van der Waals surface area (Å²) in [5, 5.41) is 0. The van der Waals surface area contributed by atoms with Crippen molar-refractivity contribution >= 4 is 12.6 Å². The molecule has 4 nitrogen and oxygen atoms in total. The fraction of sp³-hybridized carbons (Fsp3) is 0.800. The SMILES string of the molecule is CCC(C=O)(CCC=O)OCCOC. The zero-order valence-corrected chi connectivity index (χ0v) is 8.82. The normalized spacial score (nSPS) is 14.7. The van der Waals surface area contributed by atoms with Crippen molar-refractivity contribution in [2.75, 3.05) is 20.3 Å². The van der Waals surface area contributed by atoms with Crippen molar-refractivity contribution < 1.29 is 19.1 Å². The van der Waals surface area contributed by atoms with Gasteiger partial charge in [-0.05, 0) is 12.8 Å². The lowest BCUT2D eigenvalue weighted by Gasteiger charge is -2.26. The summed E-state index contributed by atoms with van der Waals surface area (Å²) in [6.45, 7) is 2.70. The lowest BCUT2D eigenvalue weighted by Crippen LogP contribution is -2.35. The van der Waals surface area contributed by atoms with Gasteiger partial charge < -0.3 is 19.1 Å². The van der Waals surface area contributed by atoms with E-state index in [1.165, 1.54) is 0 Å². The van der Waals surface area contributed by atoms with Gasteiger partial charge in [0.2, 0.25) is 0 Å². The highest BCUT2D eigenvalue weighted by Crippen LogP contribution is 2.19. The van der Waals surface area contributed by atoms with E-state index < -0.39 is 5.60 Å². The third-order valence-corrected chi connectivity index (χ3v) is 2.18. The van der Waals surface area contributed by atoms with Gasteiger partial charge >= 0.3 is 0 Å². The van der Waals surface area contributed by atoms with Crippen molar-refractivity contribution in [1.82, 2.24) is 0 Å². The maximum atomic E-state index is 10.9. The van der Waals surface area contributed by atoms with Crippen molar-refractivity contribution in [1.29, 1.82) is 0 Å². The molecule has 0 aliphatic rings. The Hall–Kier alpha value is -0.740. The molecule has 0 radical (unpaired) electrons. The molecule has 1 unspecified atom stereocenters. The summed E-state index contributed by atoms with van der Waals surface area (Å²) in [5.41, 5.74) is -0.806. The predicted octanol–water partition coefficient (Wildman–Crippen LogP) is 0.976. The molecule has 0 bridgehead atoms. The summed E-state index contributed by atoms with van der Waals surface area (Å²) in [5.74, 6) is 0. The molecule has 0 aliphatic carbocycles. The molecule has 0 heterocycles. The Morgan fingerprint density at radius 2 is 2.00 bits per heavy atom. The van der Waals surface area contributed by atoms with Crippen LogP contribution in [0.2, 0.25) is 0 Å². The van der Waals surface area contributed by atoms with E-state index in [0.717, 1.165) is 12.6 Å². The van der Waals surface area contributed by atoms with Crippen molar-refractivity contribution in [3.63, 3.8) is 0 Å². The van der Waals surface area contributed by atoms with Crippen LogP contribution in [0.4, 0.5) is 0 Å². The Balaban J connectivity index is 4.06. The minimum absolute atomic E-state index is 0.347. The zero-order valence-electron chi connectivity index (χ0n) is 8.82. The van der Waals surface area contributed by atoms with Crippen molar-refractivity contribution in [2.45, 2.75) is 31.8 Å². The van der Waals surface area contributed by atoms with E-state index >= 15 is 0 Å². The molecular weight excluding hydrogens is 184 g/mol. The fourth-order valence-corrected chi connectivity index (χ4v) is 1.16. The van der Waals surface area contributed by atoms with Crippen LogP contribution in [0.25, 0.3) is 0 Å². The minimum Gasteiger partial charge on any atom is -0.382 e. The number of carbonyl (C=O) groups excluding carboxylic acids is 2. The van der Waals surface area contributed by atoms with Gasteiger partial charge in [0.25, 0.3) is 0 Å². The molecule has 0 amide bonds. The molecule has 0 fully saturated rings. The van der Waals surface area contributed by atoms with Crippen LogP contribution in [-0.4, -0.2) is 38.5 Å². The second-order valence-electron chi connectivity index (χ2n) is 3.08. The maximum Gasteiger partial charge on any atom is 0.151 e. The Bertz CT molecular complexity index is 170. The largest absolute Gasteiger partial charge is 0.382 e. The van der Waals surface area contributed by atoms with Gasteiger partial charge in [-0.1, -0.05) is 6.92 Å². The van der Waals surface area contributed by atoms with Crippen LogP contribution in [0.3, 0.4) is 0 Å². The van der Waals surface area contributed by atoms with Crippen LogP contribution in [0.1, 0.15) is 26.2 Å². The molecule has 0 N–H and O–H groups in total. The molecule has 14 heavy (non-hydrogen) atoms. The van der Waals surface area contributed by atoms with Gasteiger partial charge in [-0.3, -0.25) is 0 Å². The van der Waals surface area contributed by atoms with E-state index in [1.54, 1.807) is 7.11 Å². The van der Waals surface area contributed by atoms with Gasteiger partial charge in [-0.25, -0.2) is 0 Å². The zero-order chi connectivity index (χ0) is 10.9. The molecule has 0 aromatic heterocycles. The molecule has 0 aromatic rings. The predicted molar refractivity (Wildman–Crippen MR) is 52.2 cm³/mol. The molecule has 0 aromatic carbocycles. The number of carbonyl (C=O) groups is 2. The topological polar surface area (TPSA) is 52.6 Å². The molecule has 4 heteroatoms. The lowest BCUT2D eigenvalue weighted by molar-refractivity contribution is -0.135. The summed E-state index contributed by atoms with van der Waals surface area (Å²) in [7, 11) is 1.57. The minimum atomic E-state index is -0.806. The van der Waals surface area contributed by atoms with E-state index in [9.17, 15) is 9.59 Å². The highest BCUT2D eigenvalue weighted by molar-refractivity contribution is 5.63. The van der Waals surface area contributed by atoms with Crippen LogP contribution < -0.4 is 0 Å². The molecule has 0 saturated carbocycles. The van der Waals surface area contributed by atoms with E-state index in [1.807, 2.05) is 6.92 Å². The molecule has 0 rings (SSSR count). The third-order valence-electron chi connectivity index (χ3n) is 2.18. The number of hydrogen-bond acceptors (Lipinski definition) is 4.